The van der Waals surface area contributed by atoms with E-state index in [2.05, 4.69) is 46.6 Å². The highest BCUT2D eigenvalue weighted by atomic mass is 16.2. The number of likely N-dealkylation sites (tertiary alicyclic amines) is 1. The third-order valence-corrected chi connectivity index (χ3v) is 6.35. The molecular formula is C27H35N5O2. The van der Waals surface area contributed by atoms with Gasteiger partial charge in [0.1, 0.15) is 12.1 Å². The van der Waals surface area contributed by atoms with Crippen LogP contribution in [0, 0.1) is 12.8 Å². The van der Waals surface area contributed by atoms with Crippen molar-refractivity contribution in [2.75, 3.05) is 6.54 Å². The number of carbonyl (C=O) groups is 2. The Morgan fingerprint density at radius 2 is 1.79 bits per heavy atom. The molecule has 0 spiro atoms. The van der Waals surface area contributed by atoms with E-state index >= 15 is 0 Å². The number of amides is 2. The van der Waals surface area contributed by atoms with Crippen LogP contribution < -0.4 is 11.2 Å². The lowest BCUT2D eigenvalue weighted by molar-refractivity contribution is -0.140. The SMILES string of the molecule is Cc1ccccc1-c1ccc(C(C)NC(=O)C2CCCN2C(=O)C(N=C/C=N\N)C(C)C)cc1. The lowest BCUT2D eigenvalue weighted by Gasteiger charge is -2.29. The van der Waals surface area contributed by atoms with E-state index in [9.17, 15) is 9.59 Å². The van der Waals surface area contributed by atoms with Crippen LogP contribution in [0.1, 0.15) is 50.8 Å². The van der Waals surface area contributed by atoms with Crippen LogP contribution in [-0.4, -0.2) is 47.8 Å². The van der Waals surface area contributed by atoms with Gasteiger partial charge in [0.15, 0.2) is 0 Å². The molecule has 2 aromatic carbocycles. The number of carbonyl (C=O) groups excluding carboxylic acids is 2. The molecule has 3 unspecified atom stereocenters. The van der Waals surface area contributed by atoms with E-state index in [-0.39, 0.29) is 23.8 Å². The second-order valence-electron chi connectivity index (χ2n) is 9.14. The van der Waals surface area contributed by atoms with Crippen molar-refractivity contribution in [1.29, 1.82) is 0 Å². The van der Waals surface area contributed by atoms with Gasteiger partial charge in [0.2, 0.25) is 11.8 Å². The van der Waals surface area contributed by atoms with Crippen molar-refractivity contribution in [3.05, 3.63) is 59.7 Å². The molecule has 0 saturated carbocycles. The highest BCUT2D eigenvalue weighted by Gasteiger charge is 2.38. The molecule has 3 atom stereocenters. The molecule has 1 heterocycles. The Kier molecular flexibility index (Phi) is 8.57. The number of hydrazone groups is 1. The third kappa shape index (κ3) is 5.90. The highest BCUT2D eigenvalue weighted by Crippen LogP contribution is 2.26. The average molecular weight is 462 g/mol. The minimum atomic E-state index is -0.571. The fourth-order valence-electron chi connectivity index (χ4n) is 4.40. The van der Waals surface area contributed by atoms with Gasteiger partial charge in [-0.05, 0) is 54.9 Å². The molecule has 0 radical (unpaired) electrons. The molecule has 3 N–H and O–H groups in total. The maximum atomic E-state index is 13.2. The molecule has 34 heavy (non-hydrogen) atoms. The summed E-state index contributed by atoms with van der Waals surface area (Å²) in [5.74, 6) is 4.85. The first-order valence-electron chi connectivity index (χ1n) is 11.8. The van der Waals surface area contributed by atoms with Crippen LogP contribution >= 0.6 is 0 Å². The molecule has 1 saturated heterocycles. The first-order valence-corrected chi connectivity index (χ1v) is 11.8. The third-order valence-electron chi connectivity index (χ3n) is 6.35. The summed E-state index contributed by atoms with van der Waals surface area (Å²) in [5, 5.41) is 6.50. The summed E-state index contributed by atoms with van der Waals surface area (Å²) >= 11 is 0. The number of benzene rings is 2. The van der Waals surface area contributed by atoms with Gasteiger partial charge in [-0.1, -0.05) is 62.4 Å². The zero-order valence-corrected chi connectivity index (χ0v) is 20.4. The van der Waals surface area contributed by atoms with Gasteiger partial charge in [0, 0.05) is 12.8 Å². The zero-order chi connectivity index (χ0) is 24.7. The summed E-state index contributed by atoms with van der Waals surface area (Å²) in [5.41, 5.74) is 4.59. The molecule has 1 aliphatic heterocycles. The van der Waals surface area contributed by atoms with Crippen molar-refractivity contribution in [1.82, 2.24) is 10.2 Å². The summed E-state index contributed by atoms with van der Waals surface area (Å²) in [6.07, 6.45) is 4.23. The zero-order valence-electron chi connectivity index (χ0n) is 20.4. The van der Waals surface area contributed by atoms with Crippen molar-refractivity contribution in [3.63, 3.8) is 0 Å². The van der Waals surface area contributed by atoms with Crippen LogP contribution in [0.5, 0.6) is 0 Å². The Hall–Kier alpha value is -3.48. The van der Waals surface area contributed by atoms with Gasteiger partial charge in [0.05, 0.1) is 12.3 Å². The van der Waals surface area contributed by atoms with Gasteiger partial charge < -0.3 is 16.1 Å². The van der Waals surface area contributed by atoms with E-state index in [1.807, 2.05) is 45.0 Å². The normalized spacial score (nSPS) is 18.0. The summed E-state index contributed by atoms with van der Waals surface area (Å²) in [6.45, 7) is 8.50. The average Bonchev–Trinajstić information content (AvgIpc) is 3.32. The van der Waals surface area contributed by atoms with Gasteiger partial charge in [-0.2, -0.15) is 5.10 Å². The van der Waals surface area contributed by atoms with E-state index in [0.29, 0.717) is 13.0 Å². The Morgan fingerprint density at radius 3 is 2.44 bits per heavy atom. The second-order valence-corrected chi connectivity index (χ2v) is 9.14. The number of nitrogens with two attached hydrogens (primary N) is 1. The smallest absolute Gasteiger partial charge is 0.248 e. The van der Waals surface area contributed by atoms with Crippen molar-refractivity contribution >= 4 is 24.2 Å². The quantitative estimate of drug-likeness (QED) is 0.354. The largest absolute Gasteiger partial charge is 0.348 e. The lowest BCUT2D eigenvalue weighted by atomic mass is 9.98. The molecule has 3 rings (SSSR count). The molecule has 2 amide bonds. The van der Waals surface area contributed by atoms with Crippen LogP contribution in [0.2, 0.25) is 0 Å². The van der Waals surface area contributed by atoms with Crippen LogP contribution in [0.4, 0.5) is 0 Å². The van der Waals surface area contributed by atoms with Crippen molar-refractivity contribution in [3.8, 4) is 11.1 Å². The number of rotatable bonds is 8. The molecule has 0 bridgehead atoms. The Labute approximate surface area is 202 Å². The summed E-state index contributed by atoms with van der Waals surface area (Å²) < 4.78 is 0. The number of aryl methyl sites for hydroxylation is 1. The topological polar surface area (TPSA) is 100 Å². The minimum absolute atomic E-state index is 0.00933. The van der Waals surface area contributed by atoms with Gasteiger partial charge in [-0.15, -0.1) is 0 Å². The predicted octanol–water partition coefficient (Wildman–Crippen LogP) is 3.87. The standard InChI is InChI=1S/C27H35N5O2/c1-18(2)25(29-15-16-30-28)27(34)32-17-7-10-24(32)26(33)31-20(4)21-11-13-22(14-12-21)23-9-6-5-8-19(23)3/h5-6,8-9,11-16,18,20,24-25H,7,10,17,28H2,1-4H3,(H,31,33)/b29-15?,30-16-. The molecule has 7 nitrogen and oxygen atoms in total. The fraction of sp³-hybridized carbons (Fsp3) is 0.407. The van der Waals surface area contributed by atoms with Crippen molar-refractivity contribution in [2.45, 2.75) is 58.7 Å². The molecule has 7 heteroatoms. The first kappa shape index (κ1) is 25.1. The minimum Gasteiger partial charge on any atom is -0.348 e. The second kappa shape index (κ2) is 11.6. The Bertz CT molecular complexity index is 1050. The van der Waals surface area contributed by atoms with Crippen molar-refractivity contribution in [2.24, 2.45) is 21.9 Å². The van der Waals surface area contributed by atoms with Crippen molar-refractivity contribution < 1.29 is 9.59 Å². The summed E-state index contributed by atoms with van der Waals surface area (Å²) in [6, 6.07) is 15.3. The number of hydrogen-bond donors (Lipinski definition) is 2. The van der Waals surface area contributed by atoms with E-state index in [1.165, 1.54) is 23.6 Å². The maximum absolute atomic E-state index is 13.2. The van der Waals surface area contributed by atoms with Gasteiger partial charge in [0.25, 0.3) is 0 Å². The monoisotopic (exact) mass is 461 g/mol. The lowest BCUT2D eigenvalue weighted by Crippen LogP contribution is -2.50. The van der Waals surface area contributed by atoms with Crippen LogP contribution in [-0.2, 0) is 9.59 Å². The van der Waals surface area contributed by atoms with E-state index in [1.54, 1.807) is 4.90 Å². The summed E-state index contributed by atoms with van der Waals surface area (Å²) in [4.78, 5) is 32.4. The summed E-state index contributed by atoms with van der Waals surface area (Å²) in [7, 11) is 0. The van der Waals surface area contributed by atoms with E-state index in [0.717, 1.165) is 17.5 Å². The molecule has 1 fully saturated rings. The number of aliphatic imine (C=N–C) groups is 1. The highest BCUT2D eigenvalue weighted by molar-refractivity contribution is 6.16. The number of hydrogen-bond acceptors (Lipinski definition) is 5. The van der Waals surface area contributed by atoms with E-state index < -0.39 is 12.1 Å². The van der Waals surface area contributed by atoms with Gasteiger partial charge in [-0.25, -0.2) is 0 Å². The van der Waals surface area contributed by atoms with Crippen LogP contribution in [0.25, 0.3) is 11.1 Å². The predicted molar refractivity (Wildman–Crippen MR) is 138 cm³/mol. The molecule has 1 aliphatic rings. The number of nitrogens with zero attached hydrogens (tertiary/aromatic N) is 3. The molecule has 2 aromatic rings. The Balaban J connectivity index is 1.68. The molecule has 180 valence electrons. The molecule has 0 aromatic heterocycles. The van der Waals surface area contributed by atoms with E-state index in [4.69, 9.17) is 5.84 Å². The first-order chi connectivity index (χ1) is 16.3. The van der Waals surface area contributed by atoms with Crippen LogP contribution in [0.3, 0.4) is 0 Å². The maximum Gasteiger partial charge on any atom is 0.248 e. The number of nitrogens with one attached hydrogen (secondary N) is 1. The van der Waals surface area contributed by atoms with Gasteiger partial charge in [-0.3, -0.25) is 14.6 Å². The van der Waals surface area contributed by atoms with Gasteiger partial charge >= 0.3 is 0 Å². The Morgan fingerprint density at radius 1 is 1.09 bits per heavy atom. The molecule has 0 aliphatic carbocycles. The fourth-order valence-corrected chi connectivity index (χ4v) is 4.40. The molecular weight excluding hydrogens is 426 g/mol. The van der Waals surface area contributed by atoms with Crippen LogP contribution in [0.15, 0.2) is 58.6 Å².